The van der Waals surface area contributed by atoms with Gasteiger partial charge in [-0.3, -0.25) is 4.79 Å². The Morgan fingerprint density at radius 3 is 2.36 bits per heavy atom. The van der Waals surface area contributed by atoms with Crippen molar-refractivity contribution in [2.24, 2.45) is 16.7 Å². The van der Waals surface area contributed by atoms with Crippen LogP contribution in [0.1, 0.15) is 74.1 Å². The first-order chi connectivity index (χ1) is 9.89. The van der Waals surface area contributed by atoms with Gasteiger partial charge in [0.15, 0.2) is 0 Å². The van der Waals surface area contributed by atoms with E-state index in [1.807, 2.05) is 0 Å². The zero-order chi connectivity index (χ0) is 16.8. The second kappa shape index (κ2) is 5.54. The summed E-state index contributed by atoms with van der Waals surface area (Å²) in [5.41, 5.74) is 2.63. The normalized spacial score (nSPS) is 28.8. The Labute approximate surface area is 136 Å². The minimum atomic E-state index is -0.383. The third-order valence-corrected chi connectivity index (χ3v) is 4.64. The Hall–Kier alpha value is -1.05. The van der Waals surface area contributed by atoms with Crippen molar-refractivity contribution in [1.82, 2.24) is 5.32 Å². The monoisotopic (exact) mass is 303 g/mol. The highest BCUT2D eigenvalue weighted by Crippen LogP contribution is 2.43. The molecule has 2 bridgehead atoms. The van der Waals surface area contributed by atoms with Crippen LogP contribution in [0.5, 0.6) is 0 Å². The highest BCUT2D eigenvalue weighted by molar-refractivity contribution is 5.85. The second-order valence-corrected chi connectivity index (χ2v) is 9.66. The average Bonchev–Trinajstić information content (AvgIpc) is 2.18. The lowest BCUT2D eigenvalue weighted by Gasteiger charge is -2.39. The summed E-state index contributed by atoms with van der Waals surface area (Å²) in [4.78, 5) is 13.0. The lowest BCUT2D eigenvalue weighted by Crippen LogP contribution is -2.51. The highest BCUT2D eigenvalue weighted by Gasteiger charge is 2.39. The molecule has 1 saturated carbocycles. The Morgan fingerprint density at radius 1 is 1.23 bits per heavy atom. The number of fused-ring (bicyclic) bond motifs is 4. The van der Waals surface area contributed by atoms with Gasteiger partial charge in [0, 0.05) is 5.54 Å². The van der Waals surface area contributed by atoms with Crippen LogP contribution < -0.4 is 5.32 Å². The number of allylic oxidation sites excluding steroid dienone is 3. The van der Waals surface area contributed by atoms with Crippen molar-refractivity contribution in [2.75, 3.05) is 0 Å². The van der Waals surface area contributed by atoms with Crippen LogP contribution in [-0.4, -0.2) is 11.4 Å². The van der Waals surface area contributed by atoms with Crippen LogP contribution in [-0.2, 0) is 4.79 Å². The summed E-state index contributed by atoms with van der Waals surface area (Å²) in [5, 5.41) is 3.33. The van der Waals surface area contributed by atoms with Crippen molar-refractivity contribution in [2.45, 2.75) is 79.7 Å². The molecule has 0 radical (unpaired) electrons. The molecule has 1 N–H and O–H groups in total. The van der Waals surface area contributed by atoms with Crippen molar-refractivity contribution < 1.29 is 4.79 Å². The fourth-order valence-corrected chi connectivity index (χ4v) is 4.37. The van der Waals surface area contributed by atoms with Crippen LogP contribution in [0.4, 0.5) is 0 Å². The number of carbonyl (C=O) groups is 1. The molecule has 0 heterocycles. The molecule has 3 aliphatic carbocycles. The zero-order valence-electron chi connectivity index (χ0n) is 15.5. The van der Waals surface area contributed by atoms with Gasteiger partial charge in [0.2, 0.25) is 5.91 Å². The van der Waals surface area contributed by atoms with Gasteiger partial charge in [-0.2, -0.15) is 0 Å². The smallest absolute Gasteiger partial charge is 0.230 e. The largest absolute Gasteiger partial charge is 0.350 e. The molecule has 2 nitrogen and oxygen atoms in total. The lowest BCUT2D eigenvalue weighted by molar-refractivity contribution is -0.130. The van der Waals surface area contributed by atoms with Gasteiger partial charge in [0.05, 0.1) is 5.41 Å². The standard InChI is InChI=1S/C20H33NO/c1-14-8-15-9-16(10-15)12-20(7,11-14)17(22)21-19(5,6)13-18(2,3)4/h8,12,14H,9-11,13H2,1-7H3,(H,21,22). The van der Waals surface area contributed by atoms with E-state index in [-0.39, 0.29) is 22.3 Å². The van der Waals surface area contributed by atoms with Crippen LogP contribution >= 0.6 is 0 Å². The molecule has 3 rings (SSSR count). The maximum atomic E-state index is 13.0. The van der Waals surface area contributed by atoms with Crippen molar-refractivity contribution in [3.8, 4) is 0 Å². The van der Waals surface area contributed by atoms with Crippen molar-refractivity contribution in [3.63, 3.8) is 0 Å². The number of rotatable bonds is 3. The van der Waals surface area contributed by atoms with Crippen LogP contribution in [0.15, 0.2) is 23.3 Å². The number of carbonyl (C=O) groups excluding carboxylic acids is 1. The summed E-state index contributed by atoms with van der Waals surface area (Å²) < 4.78 is 0. The number of amides is 1. The second-order valence-electron chi connectivity index (χ2n) is 9.66. The fourth-order valence-electron chi connectivity index (χ4n) is 4.37. The summed E-state index contributed by atoms with van der Waals surface area (Å²) in [6.45, 7) is 15.3. The van der Waals surface area contributed by atoms with E-state index in [0.29, 0.717) is 5.92 Å². The molecule has 3 aliphatic rings. The van der Waals surface area contributed by atoms with E-state index in [4.69, 9.17) is 0 Å². The zero-order valence-corrected chi connectivity index (χ0v) is 15.5. The minimum Gasteiger partial charge on any atom is -0.350 e. The van der Waals surface area contributed by atoms with Crippen molar-refractivity contribution in [3.05, 3.63) is 23.3 Å². The molecule has 0 aromatic rings. The van der Waals surface area contributed by atoms with Crippen LogP contribution in [0.2, 0.25) is 0 Å². The first kappa shape index (κ1) is 17.3. The van der Waals surface area contributed by atoms with Gasteiger partial charge >= 0.3 is 0 Å². The lowest BCUT2D eigenvalue weighted by atomic mass is 9.70. The van der Waals surface area contributed by atoms with Gasteiger partial charge in [0.25, 0.3) is 0 Å². The Bertz CT molecular complexity index is 508. The van der Waals surface area contributed by atoms with Gasteiger partial charge in [-0.25, -0.2) is 0 Å². The molecule has 1 amide bonds. The molecule has 0 aromatic carbocycles. The molecule has 22 heavy (non-hydrogen) atoms. The van der Waals surface area contributed by atoms with Gasteiger partial charge in [-0.1, -0.05) is 51.0 Å². The quantitative estimate of drug-likeness (QED) is 0.730. The highest BCUT2D eigenvalue weighted by atomic mass is 16.2. The van der Waals surface area contributed by atoms with E-state index < -0.39 is 0 Å². The molecule has 0 aromatic heterocycles. The van der Waals surface area contributed by atoms with Gasteiger partial charge in [-0.05, 0) is 57.8 Å². The predicted molar refractivity (Wildman–Crippen MR) is 93.6 cm³/mol. The van der Waals surface area contributed by atoms with Gasteiger partial charge in [-0.15, -0.1) is 0 Å². The fraction of sp³-hybridized carbons (Fsp3) is 0.750. The summed E-state index contributed by atoms with van der Waals surface area (Å²) in [6.07, 6.45) is 8.66. The molecule has 1 fully saturated rings. The Balaban J connectivity index is 2.13. The molecule has 2 unspecified atom stereocenters. The maximum Gasteiger partial charge on any atom is 0.230 e. The molecular weight excluding hydrogens is 270 g/mol. The van der Waals surface area contributed by atoms with E-state index in [2.05, 4.69) is 65.9 Å². The minimum absolute atomic E-state index is 0.178. The first-order valence-electron chi connectivity index (χ1n) is 8.61. The Kier molecular flexibility index (Phi) is 4.36. The molecule has 0 spiro atoms. The summed E-state index contributed by atoms with van der Waals surface area (Å²) >= 11 is 0. The SMILES string of the molecule is CC1C=C2CC(=CC(C)(C(=O)NC(C)(C)CC(C)(C)C)C1)C2. The van der Waals surface area contributed by atoms with Crippen LogP contribution in [0.3, 0.4) is 0 Å². The predicted octanol–water partition coefficient (Wildman–Crippen LogP) is 5.01. The number of hydrogen-bond acceptors (Lipinski definition) is 1. The molecule has 124 valence electrons. The summed E-state index contributed by atoms with van der Waals surface area (Å²) in [7, 11) is 0. The third-order valence-electron chi connectivity index (χ3n) is 4.64. The third kappa shape index (κ3) is 4.24. The molecule has 0 aliphatic heterocycles. The Morgan fingerprint density at radius 2 is 1.82 bits per heavy atom. The van der Waals surface area contributed by atoms with E-state index in [9.17, 15) is 4.79 Å². The van der Waals surface area contributed by atoms with Crippen molar-refractivity contribution >= 4 is 5.91 Å². The first-order valence-corrected chi connectivity index (χ1v) is 8.61. The summed E-state index contributed by atoms with van der Waals surface area (Å²) in [5.74, 6) is 0.652. The molecule has 2 heteroatoms. The van der Waals surface area contributed by atoms with E-state index >= 15 is 0 Å². The number of nitrogens with one attached hydrogen (secondary N) is 1. The summed E-state index contributed by atoms with van der Waals surface area (Å²) in [6, 6.07) is 0. The van der Waals surface area contributed by atoms with Gasteiger partial charge < -0.3 is 5.32 Å². The molecule has 2 atom stereocenters. The van der Waals surface area contributed by atoms with E-state index in [1.54, 1.807) is 5.57 Å². The van der Waals surface area contributed by atoms with Gasteiger partial charge in [0.1, 0.15) is 0 Å². The number of hydrogen-bond donors (Lipinski definition) is 1. The maximum absolute atomic E-state index is 13.0. The topological polar surface area (TPSA) is 29.1 Å². The van der Waals surface area contributed by atoms with Crippen LogP contribution in [0, 0.1) is 16.7 Å². The van der Waals surface area contributed by atoms with Crippen molar-refractivity contribution in [1.29, 1.82) is 0 Å². The van der Waals surface area contributed by atoms with E-state index in [0.717, 1.165) is 25.7 Å². The average molecular weight is 303 g/mol. The molecule has 0 saturated heterocycles. The van der Waals surface area contributed by atoms with Crippen LogP contribution in [0.25, 0.3) is 0 Å². The molecular formula is C20H33NO. The van der Waals surface area contributed by atoms with E-state index in [1.165, 1.54) is 5.57 Å².